The number of aromatic nitrogens is 3. The van der Waals surface area contributed by atoms with E-state index in [4.69, 9.17) is 24.3 Å². The number of benzene rings is 1. The zero-order chi connectivity index (χ0) is 17.1. The summed E-state index contributed by atoms with van der Waals surface area (Å²) in [5.74, 6) is 3.40. The molecule has 2 fully saturated rings. The van der Waals surface area contributed by atoms with Gasteiger partial charge in [0.25, 0.3) is 0 Å². The first kappa shape index (κ1) is 16.5. The normalized spacial score (nSPS) is 21.1. The highest BCUT2D eigenvalue weighted by atomic mass is 16.6. The highest BCUT2D eigenvalue weighted by Gasteiger charge is 2.27. The molecule has 6 nitrogen and oxygen atoms in total. The lowest BCUT2D eigenvalue weighted by molar-refractivity contribution is -0.0950. The third-order valence-electron chi connectivity index (χ3n) is 5.00. The van der Waals surface area contributed by atoms with Crippen LogP contribution in [0.25, 0.3) is 0 Å². The molecule has 0 bridgehead atoms. The Labute approximate surface area is 148 Å². The molecule has 1 unspecified atom stereocenters. The Morgan fingerprint density at radius 1 is 1.20 bits per heavy atom. The predicted molar refractivity (Wildman–Crippen MR) is 93.0 cm³/mol. The Morgan fingerprint density at radius 2 is 2.04 bits per heavy atom. The molecule has 1 aromatic heterocycles. The molecule has 134 valence electrons. The summed E-state index contributed by atoms with van der Waals surface area (Å²) in [5, 5.41) is 4.78. The van der Waals surface area contributed by atoms with Gasteiger partial charge >= 0.3 is 0 Å². The molecule has 2 heterocycles. The Morgan fingerprint density at radius 3 is 2.68 bits per heavy atom. The van der Waals surface area contributed by atoms with Crippen LogP contribution in [-0.4, -0.2) is 47.8 Å². The number of methoxy groups -OCH3 is 1. The molecule has 1 aliphatic heterocycles. The van der Waals surface area contributed by atoms with Crippen molar-refractivity contribution in [2.24, 2.45) is 0 Å². The lowest BCUT2D eigenvalue weighted by Crippen LogP contribution is -2.33. The molecule has 0 amide bonds. The molecule has 1 atom stereocenters. The zero-order valence-corrected chi connectivity index (χ0v) is 14.7. The summed E-state index contributed by atoms with van der Waals surface area (Å²) in [4.78, 5) is 4.86. The van der Waals surface area contributed by atoms with Crippen molar-refractivity contribution >= 4 is 0 Å². The maximum absolute atomic E-state index is 5.79. The SMILES string of the molecule is COc1ccc(Cc2nc(C3CCC3)n(CC3COCCO3)n2)cc1. The zero-order valence-electron chi connectivity index (χ0n) is 14.7. The molecular weight excluding hydrogens is 318 g/mol. The van der Waals surface area contributed by atoms with Crippen LogP contribution in [0.2, 0.25) is 0 Å². The quantitative estimate of drug-likeness (QED) is 0.807. The minimum Gasteiger partial charge on any atom is -0.497 e. The van der Waals surface area contributed by atoms with E-state index in [0.29, 0.717) is 25.7 Å². The topological polar surface area (TPSA) is 58.4 Å². The molecule has 0 N–H and O–H groups in total. The van der Waals surface area contributed by atoms with Crippen molar-refractivity contribution in [3.05, 3.63) is 41.5 Å². The highest BCUT2D eigenvalue weighted by molar-refractivity contribution is 5.28. The molecule has 0 radical (unpaired) electrons. The average Bonchev–Trinajstić information content (AvgIpc) is 2.97. The van der Waals surface area contributed by atoms with Gasteiger partial charge in [0.05, 0.1) is 33.5 Å². The Balaban J connectivity index is 1.51. The molecule has 4 rings (SSSR count). The van der Waals surface area contributed by atoms with Gasteiger partial charge in [-0.25, -0.2) is 9.67 Å². The van der Waals surface area contributed by atoms with E-state index >= 15 is 0 Å². The summed E-state index contributed by atoms with van der Waals surface area (Å²) in [7, 11) is 1.68. The van der Waals surface area contributed by atoms with E-state index in [1.54, 1.807) is 7.11 Å². The average molecular weight is 343 g/mol. The summed E-state index contributed by atoms with van der Waals surface area (Å²) < 4.78 is 18.6. The number of hydrogen-bond acceptors (Lipinski definition) is 5. The van der Waals surface area contributed by atoms with Gasteiger partial charge in [0.15, 0.2) is 5.82 Å². The number of rotatable bonds is 6. The van der Waals surface area contributed by atoms with Gasteiger partial charge in [0.2, 0.25) is 0 Å². The van der Waals surface area contributed by atoms with Gasteiger partial charge in [-0.15, -0.1) is 0 Å². The molecule has 6 heteroatoms. The highest BCUT2D eigenvalue weighted by Crippen LogP contribution is 2.35. The van der Waals surface area contributed by atoms with Crippen LogP contribution < -0.4 is 4.74 Å². The molecule has 1 saturated carbocycles. The molecule has 25 heavy (non-hydrogen) atoms. The maximum Gasteiger partial charge on any atom is 0.155 e. The van der Waals surface area contributed by atoms with Crippen LogP contribution in [-0.2, 0) is 22.4 Å². The van der Waals surface area contributed by atoms with E-state index in [2.05, 4.69) is 16.8 Å². The van der Waals surface area contributed by atoms with Gasteiger partial charge in [-0.2, -0.15) is 5.10 Å². The number of ether oxygens (including phenoxy) is 3. The first-order valence-electron chi connectivity index (χ1n) is 9.07. The van der Waals surface area contributed by atoms with Gasteiger partial charge in [0.1, 0.15) is 17.7 Å². The summed E-state index contributed by atoms with van der Waals surface area (Å²) in [6, 6.07) is 8.10. The van der Waals surface area contributed by atoms with E-state index in [1.807, 2.05) is 12.1 Å². The summed E-state index contributed by atoms with van der Waals surface area (Å²) in [5.41, 5.74) is 1.19. The van der Waals surface area contributed by atoms with Crippen LogP contribution in [0.15, 0.2) is 24.3 Å². The lowest BCUT2D eigenvalue weighted by Gasteiger charge is -2.27. The van der Waals surface area contributed by atoms with Crippen LogP contribution >= 0.6 is 0 Å². The molecule has 2 aromatic rings. The monoisotopic (exact) mass is 343 g/mol. The molecule has 2 aliphatic rings. The van der Waals surface area contributed by atoms with E-state index in [1.165, 1.54) is 24.8 Å². The van der Waals surface area contributed by atoms with Crippen LogP contribution in [0.4, 0.5) is 0 Å². The Bertz CT molecular complexity index is 688. The van der Waals surface area contributed by atoms with E-state index in [-0.39, 0.29) is 6.10 Å². The van der Waals surface area contributed by atoms with Crippen LogP contribution in [0.5, 0.6) is 5.75 Å². The van der Waals surface area contributed by atoms with Crippen LogP contribution in [0.1, 0.15) is 42.4 Å². The molecule has 1 aliphatic carbocycles. The second-order valence-electron chi connectivity index (χ2n) is 6.79. The number of hydrogen-bond donors (Lipinski definition) is 0. The second-order valence-corrected chi connectivity index (χ2v) is 6.79. The fraction of sp³-hybridized carbons (Fsp3) is 0.579. The third kappa shape index (κ3) is 3.85. The van der Waals surface area contributed by atoms with E-state index in [9.17, 15) is 0 Å². The van der Waals surface area contributed by atoms with Gasteiger partial charge in [0, 0.05) is 12.3 Å². The maximum atomic E-state index is 5.79. The van der Waals surface area contributed by atoms with Crippen molar-refractivity contribution in [2.75, 3.05) is 26.9 Å². The van der Waals surface area contributed by atoms with Gasteiger partial charge in [-0.05, 0) is 30.5 Å². The largest absolute Gasteiger partial charge is 0.497 e. The molecular formula is C19H25N3O3. The number of nitrogens with zero attached hydrogens (tertiary/aromatic N) is 3. The van der Waals surface area contributed by atoms with Crippen molar-refractivity contribution < 1.29 is 14.2 Å². The summed E-state index contributed by atoms with van der Waals surface area (Å²) >= 11 is 0. The van der Waals surface area contributed by atoms with Crippen molar-refractivity contribution in [3.8, 4) is 5.75 Å². The van der Waals surface area contributed by atoms with Gasteiger partial charge in [-0.1, -0.05) is 18.6 Å². The minimum absolute atomic E-state index is 0.0723. The fourth-order valence-electron chi connectivity index (χ4n) is 3.34. The smallest absolute Gasteiger partial charge is 0.155 e. The van der Waals surface area contributed by atoms with Gasteiger partial charge < -0.3 is 14.2 Å². The van der Waals surface area contributed by atoms with E-state index in [0.717, 1.165) is 30.4 Å². The predicted octanol–water partition coefficient (Wildman–Crippen LogP) is 2.56. The van der Waals surface area contributed by atoms with Crippen molar-refractivity contribution in [2.45, 2.75) is 44.2 Å². The Kier molecular flexibility index (Phi) is 4.99. The summed E-state index contributed by atoms with van der Waals surface area (Å²) in [6.07, 6.45) is 4.52. The van der Waals surface area contributed by atoms with Crippen molar-refractivity contribution in [3.63, 3.8) is 0 Å². The molecule has 1 aromatic carbocycles. The summed E-state index contributed by atoms with van der Waals surface area (Å²) in [6.45, 7) is 2.71. The standard InChI is InChI=1S/C19H25N3O3/c1-23-16-7-5-14(6-8-16)11-18-20-19(15-3-2-4-15)22(21-18)12-17-13-24-9-10-25-17/h5-8,15,17H,2-4,9-13H2,1H3. The minimum atomic E-state index is 0.0723. The fourth-order valence-corrected chi connectivity index (χ4v) is 3.34. The lowest BCUT2D eigenvalue weighted by atomic mass is 9.85. The van der Waals surface area contributed by atoms with E-state index < -0.39 is 0 Å². The second kappa shape index (κ2) is 7.54. The first-order chi connectivity index (χ1) is 12.3. The van der Waals surface area contributed by atoms with Crippen molar-refractivity contribution in [1.82, 2.24) is 14.8 Å². The van der Waals surface area contributed by atoms with Crippen molar-refractivity contribution in [1.29, 1.82) is 0 Å². The third-order valence-corrected chi connectivity index (χ3v) is 5.00. The first-order valence-corrected chi connectivity index (χ1v) is 9.07. The van der Waals surface area contributed by atoms with Crippen LogP contribution in [0, 0.1) is 0 Å². The Hall–Kier alpha value is -1.92. The molecule has 1 saturated heterocycles. The van der Waals surface area contributed by atoms with Crippen LogP contribution in [0.3, 0.4) is 0 Å². The van der Waals surface area contributed by atoms with Gasteiger partial charge in [-0.3, -0.25) is 0 Å². The molecule has 0 spiro atoms.